The van der Waals surface area contributed by atoms with Crippen LogP contribution in [0.2, 0.25) is 0 Å². The van der Waals surface area contributed by atoms with E-state index in [1.54, 1.807) is 12.1 Å². The van der Waals surface area contributed by atoms with E-state index in [2.05, 4.69) is 10.4 Å². The summed E-state index contributed by atoms with van der Waals surface area (Å²) in [5.41, 5.74) is 6.42. The largest absolute Gasteiger partial charge is 0.497 e. The number of ether oxygens (including phenoxy) is 1. The van der Waals surface area contributed by atoms with E-state index < -0.39 is 0 Å². The molecule has 0 atom stereocenters. The Labute approximate surface area is 151 Å². The van der Waals surface area contributed by atoms with Crippen LogP contribution in [-0.4, -0.2) is 24.0 Å². The number of rotatable bonds is 3. The van der Waals surface area contributed by atoms with Crippen molar-refractivity contribution in [2.75, 3.05) is 12.0 Å². The number of fused-ring (bicyclic) bond motifs is 1. The molecule has 4 rings (SSSR count). The molecule has 2 aliphatic heterocycles. The monoisotopic (exact) mass is 346 g/mol. The number of nitrogens with zero attached hydrogens (tertiary/aromatic N) is 3. The molecule has 0 spiro atoms. The molecule has 0 fully saturated rings. The van der Waals surface area contributed by atoms with Gasteiger partial charge in [-0.2, -0.15) is 4.99 Å². The second kappa shape index (κ2) is 6.40. The zero-order valence-electron chi connectivity index (χ0n) is 14.5. The first kappa shape index (κ1) is 16.0. The van der Waals surface area contributed by atoms with E-state index in [1.165, 1.54) is 0 Å². The van der Waals surface area contributed by atoms with E-state index >= 15 is 0 Å². The van der Waals surface area contributed by atoms with Crippen molar-refractivity contribution >= 4 is 23.6 Å². The molecule has 0 saturated heterocycles. The van der Waals surface area contributed by atoms with E-state index in [1.807, 2.05) is 78.7 Å². The van der Waals surface area contributed by atoms with E-state index in [9.17, 15) is 4.79 Å². The van der Waals surface area contributed by atoms with Gasteiger partial charge in [-0.05, 0) is 42.8 Å². The normalized spacial score (nSPS) is 17.6. The predicted octanol–water partition coefficient (Wildman–Crippen LogP) is 3.12. The first-order valence-corrected chi connectivity index (χ1v) is 8.24. The SMILES string of the molecule is COc1ccc(/C=C2\C(=O)N=C3N2NC(C)=CN3c2ccccc2)cc1. The maximum absolute atomic E-state index is 12.5. The summed E-state index contributed by atoms with van der Waals surface area (Å²) < 4.78 is 5.18. The Kier molecular flexibility index (Phi) is 3.93. The lowest BCUT2D eigenvalue weighted by atomic mass is 10.2. The van der Waals surface area contributed by atoms with Crippen LogP contribution in [0.3, 0.4) is 0 Å². The molecule has 2 aliphatic rings. The molecule has 0 radical (unpaired) electrons. The Hall–Kier alpha value is -3.54. The molecular formula is C20H18N4O2. The summed E-state index contributed by atoms with van der Waals surface area (Å²) in [5, 5.41) is 1.72. The Balaban J connectivity index is 1.70. The van der Waals surface area contributed by atoms with Crippen molar-refractivity contribution in [3.05, 3.63) is 77.8 Å². The molecule has 0 bridgehead atoms. The van der Waals surface area contributed by atoms with Crippen LogP contribution >= 0.6 is 0 Å². The van der Waals surface area contributed by atoms with Crippen molar-refractivity contribution in [2.45, 2.75) is 6.92 Å². The van der Waals surface area contributed by atoms with Gasteiger partial charge in [0.25, 0.3) is 5.91 Å². The van der Waals surface area contributed by atoms with Gasteiger partial charge in [0, 0.05) is 17.6 Å². The molecule has 2 aromatic rings. The molecule has 6 nitrogen and oxygen atoms in total. The second-order valence-electron chi connectivity index (χ2n) is 5.98. The van der Waals surface area contributed by atoms with Crippen LogP contribution in [0.15, 0.2) is 77.2 Å². The van der Waals surface area contributed by atoms with E-state index in [4.69, 9.17) is 4.74 Å². The number of aliphatic imine (C=N–C) groups is 1. The average Bonchev–Trinajstić information content (AvgIpc) is 2.98. The smallest absolute Gasteiger partial charge is 0.298 e. The summed E-state index contributed by atoms with van der Waals surface area (Å²) in [6.45, 7) is 1.94. The third-order valence-corrected chi connectivity index (χ3v) is 4.14. The first-order chi connectivity index (χ1) is 12.7. The van der Waals surface area contributed by atoms with Crippen molar-refractivity contribution < 1.29 is 9.53 Å². The zero-order valence-corrected chi connectivity index (χ0v) is 14.5. The number of carbonyl (C=O) groups excluding carboxylic acids is 1. The van der Waals surface area contributed by atoms with E-state index in [0.29, 0.717) is 11.7 Å². The molecule has 0 aromatic heterocycles. The number of hydrogen-bond donors (Lipinski definition) is 1. The van der Waals surface area contributed by atoms with Gasteiger partial charge in [-0.25, -0.2) is 5.01 Å². The highest BCUT2D eigenvalue weighted by atomic mass is 16.5. The summed E-state index contributed by atoms with van der Waals surface area (Å²) in [6.07, 6.45) is 3.74. The van der Waals surface area contributed by atoms with Crippen molar-refractivity contribution in [3.63, 3.8) is 0 Å². The quantitative estimate of drug-likeness (QED) is 0.866. The maximum atomic E-state index is 12.5. The van der Waals surface area contributed by atoms with Crippen LogP contribution in [0.1, 0.15) is 12.5 Å². The van der Waals surface area contributed by atoms with Crippen molar-refractivity contribution in [2.24, 2.45) is 4.99 Å². The third kappa shape index (κ3) is 2.82. The molecule has 130 valence electrons. The summed E-state index contributed by atoms with van der Waals surface area (Å²) in [7, 11) is 1.62. The highest BCUT2D eigenvalue weighted by Crippen LogP contribution is 2.27. The van der Waals surface area contributed by atoms with Gasteiger partial charge in [0.05, 0.1) is 7.11 Å². The zero-order chi connectivity index (χ0) is 18.1. The lowest BCUT2D eigenvalue weighted by Crippen LogP contribution is -2.50. The highest BCUT2D eigenvalue weighted by molar-refractivity contribution is 6.17. The van der Waals surface area contributed by atoms with Crippen LogP contribution in [-0.2, 0) is 4.79 Å². The van der Waals surface area contributed by atoms with Crippen LogP contribution < -0.4 is 15.1 Å². The maximum Gasteiger partial charge on any atom is 0.298 e. The molecule has 1 amide bonds. The standard InChI is InChI=1S/C20H18N4O2/c1-14-13-23(16-6-4-3-5-7-16)20-21-19(25)18(24(20)22-14)12-15-8-10-17(26-2)11-9-15/h3-13,22H,1-2H3/b18-12+. The topological polar surface area (TPSA) is 57.2 Å². The number of para-hydroxylation sites is 1. The van der Waals surface area contributed by atoms with Crippen LogP contribution in [0.4, 0.5) is 5.69 Å². The molecule has 0 unspecified atom stereocenters. The van der Waals surface area contributed by atoms with Crippen LogP contribution in [0.5, 0.6) is 5.75 Å². The number of hydrazine groups is 1. The Bertz CT molecular complexity index is 930. The molecule has 2 aromatic carbocycles. The minimum atomic E-state index is -0.285. The van der Waals surface area contributed by atoms with Gasteiger partial charge in [-0.3, -0.25) is 15.1 Å². The van der Waals surface area contributed by atoms with Crippen LogP contribution in [0.25, 0.3) is 6.08 Å². The molecular weight excluding hydrogens is 328 g/mol. The fourth-order valence-corrected chi connectivity index (χ4v) is 2.89. The Morgan fingerprint density at radius 3 is 2.50 bits per heavy atom. The van der Waals surface area contributed by atoms with Crippen molar-refractivity contribution in [1.29, 1.82) is 0 Å². The first-order valence-electron chi connectivity index (χ1n) is 8.24. The van der Waals surface area contributed by atoms with Gasteiger partial charge < -0.3 is 4.74 Å². The van der Waals surface area contributed by atoms with E-state index in [0.717, 1.165) is 22.7 Å². The molecule has 6 heteroatoms. The van der Waals surface area contributed by atoms with Gasteiger partial charge in [0.1, 0.15) is 11.4 Å². The highest BCUT2D eigenvalue weighted by Gasteiger charge is 2.36. The molecule has 0 aliphatic carbocycles. The minimum Gasteiger partial charge on any atom is -0.497 e. The number of allylic oxidation sites excluding steroid dienone is 1. The van der Waals surface area contributed by atoms with Gasteiger partial charge in [0.2, 0.25) is 5.96 Å². The minimum absolute atomic E-state index is 0.285. The summed E-state index contributed by atoms with van der Waals surface area (Å²) in [4.78, 5) is 18.7. The lowest BCUT2D eigenvalue weighted by molar-refractivity contribution is -0.114. The molecule has 2 heterocycles. The second-order valence-corrected chi connectivity index (χ2v) is 5.98. The van der Waals surface area contributed by atoms with Crippen molar-refractivity contribution in [3.8, 4) is 5.75 Å². The van der Waals surface area contributed by atoms with Gasteiger partial charge in [0.15, 0.2) is 0 Å². The number of amides is 1. The molecule has 0 saturated carbocycles. The number of carbonyl (C=O) groups is 1. The number of benzene rings is 2. The number of methoxy groups -OCH3 is 1. The lowest BCUT2D eigenvalue weighted by Gasteiger charge is -2.34. The Morgan fingerprint density at radius 1 is 1.08 bits per heavy atom. The average molecular weight is 346 g/mol. The number of anilines is 1. The molecule has 26 heavy (non-hydrogen) atoms. The van der Waals surface area contributed by atoms with Gasteiger partial charge >= 0.3 is 0 Å². The fraction of sp³-hybridized carbons (Fsp3) is 0.100. The summed E-state index contributed by atoms with van der Waals surface area (Å²) in [5.74, 6) is 1.02. The molecule has 1 N–H and O–H groups in total. The summed E-state index contributed by atoms with van der Waals surface area (Å²) in [6, 6.07) is 17.3. The number of guanidine groups is 1. The summed E-state index contributed by atoms with van der Waals surface area (Å²) >= 11 is 0. The van der Waals surface area contributed by atoms with Gasteiger partial charge in [-0.15, -0.1) is 0 Å². The van der Waals surface area contributed by atoms with Gasteiger partial charge in [-0.1, -0.05) is 30.3 Å². The number of nitrogens with one attached hydrogen (secondary N) is 1. The third-order valence-electron chi connectivity index (χ3n) is 4.14. The fourth-order valence-electron chi connectivity index (χ4n) is 2.89. The van der Waals surface area contributed by atoms with Crippen molar-refractivity contribution in [1.82, 2.24) is 10.4 Å². The predicted molar refractivity (Wildman–Crippen MR) is 101 cm³/mol. The van der Waals surface area contributed by atoms with E-state index in [-0.39, 0.29) is 5.91 Å². The Morgan fingerprint density at radius 2 is 1.81 bits per heavy atom. The van der Waals surface area contributed by atoms with Crippen LogP contribution in [0, 0.1) is 0 Å². The number of hydrogen-bond acceptors (Lipinski definition) is 5.